The Bertz CT molecular complexity index is 1100. The molecule has 0 bridgehead atoms. The van der Waals surface area contributed by atoms with E-state index in [4.69, 9.17) is 16.3 Å². The first-order chi connectivity index (χ1) is 16.8. The number of fused-ring (bicyclic) bond motifs is 8. The number of ether oxygens (including phenoxy) is 1. The molecule has 0 aromatic heterocycles. The minimum atomic E-state index is -0.423. The van der Waals surface area contributed by atoms with Gasteiger partial charge in [0, 0.05) is 18.3 Å². The number of hydrogen-bond acceptors (Lipinski definition) is 3. The molecule has 0 saturated heterocycles. The Labute approximate surface area is 222 Å². The average molecular weight is 513 g/mol. The third-order valence-corrected chi connectivity index (χ3v) is 13.6. The fraction of sp³-hybridized carbons (Fsp3) is 0.812. The predicted molar refractivity (Wildman–Crippen MR) is 143 cm³/mol. The van der Waals surface area contributed by atoms with Crippen LogP contribution >= 0.6 is 11.6 Å². The van der Waals surface area contributed by atoms with Crippen molar-refractivity contribution in [2.24, 2.45) is 51.2 Å². The molecular formula is C32H45ClO3. The molecular weight excluding hydrogens is 468 g/mol. The SMILES string of the molecule is CC(=O)OC1CCC2(C)C(CCC3(C)C4CCC5(C(=O)Cl)CC6=C(C)C(C)C6=C5C4CCC32)C1(C)C. The van der Waals surface area contributed by atoms with Crippen molar-refractivity contribution in [1.82, 2.24) is 0 Å². The van der Waals surface area contributed by atoms with Crippen molar-refractivity contribution < 1.29 is 14.3 Å². The quantitative estimate of drug-likeness (QED) is 0.278. The van der Waals surface area contributed by atoms with Gasteiger partial charge in [-0.15, -0.1) is 0 Å². The second-order valence-electron chi connectivity index (χ2n) is 14.7. The van der Waals surface area contributed by atoms with E-state index in [0.29, 0.717) is 35.0 Å². The molecule has 6 rings (SSSR count). The van der Waals surface area contributed by atoms with E-state index < -0.39 is 5.41 Å². The maximum absolute atomic E-state index is 13.1. The van der Waals surface area contributed by atoms with E-state index in [1.54, 1.807) is 6.92 Å². The number of esters is 1. The molecule has 0 aromatic rings. The van der Waals surface area contributed by atoms with Crippen molar-refractivity contribution in [2.75, 3.05) is 0 Å². The smallest absolute Gasteiger partial charge is 0.302 e. The summed E-state index contributed by atoms with van der Waals surface area (Å²) < 4.78 is 5.88. The third kappa shape index (κ3) is 2.93. The van der Waals surface area contributed by atoms with Gasteiger partial charge in [0.2, 0.25) is 5.24 Å². The lowest BCUT2D eigenvalue weighted by atomic mass is 9.36. The summed E-state index contributed by atoms with van der Waals surface area (Å²) in [4.78, 5) is 24.9. The zero-order valence-electron chi connectivity index (χ0n) is 23.4. The minimum absolute atomic E-state index is 0.00174. The Morgan fingerprint density at radius 2 is 1.61 bits per heavy atom. The Hall–Kier alpha value is -1.09. The molecule has 0 radical (unpaired) electrons. The minimum Gasteiger partial charge on any atom is -0.462 e. The molecule has 0 amide bonds. The average Bonchev–Trinajstić information content (AvgIpc) is 3.14. The van der Waals surface area contributed by atoms with Crippen molar-refractivity contribution in [3.8, 4) is 0 Å². The summed E-state index contributed by atoms with van der Waals surface area (Å²) in [6.45, 7) is 16.1. The summed E-state index contributed by atoms with van der Waals surface area (Å²) in [6.07, 6.45) is 9.99. The molecule has 6 aliphatic carbocycles. The summed E-state index contributed by atoms with van der Waals surface area (Å²) in [6, 6.07) is 0. The molecule has 4 fully saturated rings. The van der Waals surface area contributed by atoms with Gasteiger partial charge in [-0.3, -0.25) is 9.59 Å². The molecule has 0 N–H and O–H groups in total. The number of carbonyl (C=O) groups is 2. The monoisotopic (exact) mass is 512 g/mol. The Kier molecular flexibility index (Phi) is 5.41. The van der Waals surface area contributed by atoms with Crippen LogP contribution in [0.3, 0.4) is 0 Å². The van der Waals surface area contributed by atoms with Gasteiger partial charge in [0.25, 0.3) is 0 Å². The molecule has 0 heterocycles. The molecule has 36 heavy (non-hydrogen) atoms. The van der Waals surface area contributed by atoms with Gasteiger partial charge >= 0.3 is 5.97 Å². The van der Waals surface area contributed by atoms with Crippen LogP contribution in [-0.2, 0) is 14.3 Å². The van der Waals surface area contributed by atoms with E-state index in [0.717, 1.165) is 32.1 Å². The van der Waals surface area contributed by atoms with Gasteiger partial charge in [0.05, 0.1) is 5.41 Å². The van der Waals surface area contributed by atoms with Crippen molar-refractivity contribution in [3.63, 3.8) is 0 Å². The highest BCUT2D eigenvalue weighted by Gasteiger charge is 2.67. The zero-order valence-corrected chi connectivity index (χ0v) is 24.2. The molecule has 0 aromatic carbocycles. The van der Waals surface area contributed by atoms with E-state index in [2.05, 4.69) is 41.5 Å². The molecule has 0 aliphatic heterocycles. The second kappa shape index (κ2) is 7.73. The molecule has 9 atom stereocenters. The molecule has 3 nitrogen and oxygen atoms in total. The number of rotatable bonds is 2. The van der Waals surface area contributed by atoms with Gasteiger partial charge in [0.1, 0.15) is 6.10 Å². The fourth-order valence-electron chi connectivity index (χ4n) is 11.6. The van der Waals surface area contributed by atoms with Crippen molar-refractivity contribution in [2.45, 2.75) is 112 Å². The number of carbonyl (C=O) groups excluding carboxylic acids is 2. The van der Waals surface area contributed by atoms with Gasteiger partial charge < -0.3 is 4.74 Å². The number of hydrogen-bond donors (Lipinski definition) is 0. The second-order valence-corrected chi connectivity index (χ2v) is 15.0. The van der Waals surface area contributed by atoms with Crippen molar-refractivity contribution >= 4 is 22.8 Å². The number of allylic oxidation sites excluding steroid dienone is 4. The van der Waals surface area contributed by atoms with Gasteiger partial charge in [-0.2, -0.15) is 0 Å². The standard InChI is InChI=1S/C32H45ClO3/c1-17-18(2)26-21(17)16-32(28(33)35)15-10-22-20(27(26)32)8-9-24-30(22,6)13-11-23-29(4,5)25(36-19(3)34)12-14-31(23,24)7/h18,20,22-25H,8-16H2,1-7H3. The van der Waals surface area contributed by atoms with Crippen LogP contribution in [0.25, 0.3) is 0 Å². The van der Waals surface area contributed by atoms with Crippen molar-refractivity contribution in [3.05, 3.63) is 22.3 Å². The first kappa shape index (κ1) is 25.2. The highest BCUT2D eigenvalue weighted by Crippen LogP contribution is 2.74. The Balaban J connectivity index is 1.37. The van der Waals surface area contributed by atoms with Gasteiger partial charge in [-0.25, -0.2) is 0 Å². The lowest BCUT2D eigenvalue weighted by Crippen LogP contribution is -2.63. The lowest BCUT2D eigenvalue weighted by Gasteiger charge is -2.68. The first-order valence-electron chi connectivity index (χ1n) is 14.6. The summed E-state index contributed by atoms with van der Waals surface area (Å²) in [7, 11) is 0. The molecule has 9 unspecified atom stereocenters. The maximum Gasteiger partial charge on any atom is 0.302 e. The summed E-state index contributed by atoms with van der Waals surface area (Å²) in [5.41, 5.74) is 6.11. The highest BCUT2D eigenvalue weighted by molar-refractivity contribution is 6.65. The molecule has 4 heteroatoms. The first-order valence-corrected chi connectivity index (χ1v) is 15.0. The normalized spacial score (nSPS) is 48.7. The summed E-state index contributed by atoms with van der Waals surface area (Å²) in [5, 5.41) is -0.0983. The number of halogens is 1. The van der Waals surface area contributed by atoms with Crippen LogP contribution in [0.2, 0.25) is 0 Å². The Morgan fingerprint density at radius 3 is 2.28 bits per heavy atom. The van der Waals surface area contributed by atoms with Gasteiger partial charge in [0.15, 0.2) is 0 Å². The van der Waals surface area contributed by atoms with Gasteiger partial charge in [-0.1, -0.05) is 40.2 Å². The Morgan fingerprint density at radius 1 is 0.917 bits per heavy atom. The van der Waals surface area contributed by atoms with Crippen LogP contribution in [-0.4, -0.2) is 17.3 Å². The molecule has 6 aliphatic rings. The molecule has 4 saturated carbocycles. The van der Waals surface area contributed by atoms with Crippen LogP contribution in [0.4, 0.5) is 0 Å². The van der Waals surface area contributed by atoms with Crippen LogP contribution in [0, 0.1) is 51.2 Å². The maximum atomic E-state index is 13.1. The molecule has 198 valence electrons. The van der Waals surface area contributed by atoms with Crippen molar-refractivity contribution in [1.29, 1.82) is 0 Å². The predicted octanol–water partition coefficient (Wildman–Crippen LogP) is 8.02. The van der Waals surface area contributed by atoms with E-state index >= 15 is 0 Å². The largest absolute Gasteiger partial charge is 0.462 e. The topological polar surface area (TPSA) is 43.4 Å². The third-order valence-electron chi connectivity index (χ3n) is 13.2. The summed E-state index contributed by atoms with van der Waals surface area (Å²) in [5.74, 6) is 2.75. The van der Waals surface area contributed by atoms with Crippen LogP contribution in [0.15, 0.2) is 22.3 Å². The zero-order chi connectivity index (χ0) is 26.0. The fourth-order valence-corrected chi connectivity index (χ4v) is 11.8. The van der Waals surface area contributed by atoms with E-state index in [1.807, 2.05) is 0 Å². The lowest BCUT2D eigenvalue weighted by molar-refractivity contribution is -0.212. The van der Waals surface area contributed by atoms with Crippen LogP contribution < -0.4 is 0 Å². The van der Waals surface area contributed by atoms with E-state index in [9.17, 15) is 9.59 Å². The van der Waals surface area contributed by atoms with Crippen LogP contribution in [0.1, 0.15) is 106 Å². The summed E-state index contributed by atoms with van der Waals surface area (Å²) >= 11 is 6.47. The van der Waals surface area contributed by atoms with E-state index in [1.165, 1.54) is 48.0 Å². The van der Waals surface area contributed by atoms with Crippen LogP contribution in [0.5, 0.6) is 0 Å². The molecule has 0 spiro atoms. The van der Waals surface area contributed by atoms with E-state index in [-0.39, 0.29) is 28.1 Å². The van der Waals surface area contributed by atoms with Gasteiger partial charge in [-0.05, 0) is 128 Å². The highest BCUT2D eigenvalue weighted by atomic mass is 35.5.